The van der Waals surface area contributed by atoms with Crippen molar-refractivity contribution in [3.05, 3.63) is 58.4 Å². The largest absolute Gasteiger partial charge is 0.464 e. The number of nitrogens with one attached hydrogen (secondary N) is 1. The minimum atomic E-state index is -3.90. The van der Waals surface area contributed by atoms with E-state index in [1.54, 1.807) is 0 Å². The van der Waals surface area contributed by atoms with Crippen molar-refractivity contribution in [1.82, 2.24) is 9.71 Å². The highest BCUT2D eigenvalue weighted by Crippen LogP contribution is 2.18. The van der Waals surface area contributed by atoms with Crippen LogP contribution in [0.25, 0.3) is 0 Å². The molecule has 0 amide bonds. The second-order valence-corrected chi connectivity index (χ2v) is 7.28. The van der Waals surface area contributed by atoms with Gasteiger partial charge in [0.1, 0.15) is 4.90 Å². The lowest BCUT2D eigenvalue weighted by molar-refractivity contribution is 0.0589. The van der Waals surface area contributed by atoms with Crippen molar-refractivity contribution in [3.8, 4) is 0 Å². The molecule has 0 saturated carbocycles. The predicted octanol–water partition coefficient (Wildman–Crippen LogP) is 2.27. The van der Waals surface area contributed by atoms with E-state index in [0.29, 0.717) is 0 Å². The Balaban J connectivity index is 2.33. The number of sulfonamides is 1. The van der Waals surface area contributed by atoms with Crippen LogP contribution in [-0.4, -0.2) is 26.5 Å². The quantitative estimate of drug-likeness (QED) is 0.838. The van der Waals surface area contributed by atoms with Gasteiger partial charge in [-0.25, -0.2) is 22.9 Å². The minimum Gasteiger partial charge on any atom is -0.464 e. The zero-order chi connectivity index (χ0) is 17.9. The third-order valence-electron chi connectivity index (χ3n) is 3.72. The number of carbonyl (C=O) groups is 1. The number of methoxy groups -OCH3 is 1. The molecule has 0 saturated heterocycles. The summed E-state index contributed by atoms with van der Waals surface area (Å²) in [6.45, 7) is 6.00. The van der Waals surface area contributed by atoms with Crippen molar-refractivity contribution in [3.63, 3.8) is 0 Å². The zero-order valence-electron chi connectivity index (χ0n) is 14.1. The molecule has 2 aromatic rings. The number of aromatic nitrogens is 1. The fraction of sp³-hybridized carbons (Fsp3) is 0.294. The third-order valence-corrected chi connectivity index (χ3v) is 5.15. The molecule has 128 valence electrons. The van der Waals surface area contributed by atoms with Crippen LogP contribution in [0.15, 0.2) is 35.4 Å². The standard InChI is InChI=1S/C17H20N2O4S/c1-11-8-12(2)14(13(3)9-11)10-19-24(21,22)15-6-5-7-18-16(15)17(20)23-4/h5-9,19H,10H2,1-4H3. The second-order valence-electron chi connectivity index (χ2n) is 5.54. The molecule has 1 aromatic heterocycles. The molecule has 0 bridgehead atoms. The van der Waals surface area contributed by atoms with Crippen LogP contribution in [0.1, 0.15) is 32.7 Å². The first-order valence-corrected chi connectivity index (χ1v) is 8.84. The number of hydrogen-bond donors (Lipinski definition) is 1. The number of nitrogens with zero attached hydrogens (tertiary/aromatic N) is 1. The fourth-order valence-corrected chi connectivity index (χ4v) is 3.73. The van der Waals surface area contributed by atoms with Gasteiger partial charge in [0, 0.05) is 12.7 Å². The number of hydrogen-bond acceptors (Lipinski definition) is 5. The average molecular weight is 348 g/mol. The number of aryl methyl sites for hydroxylation is 3. The van der Waals surface area contributed by atoms with Crippen LogP contribution in [-0.2, 0) is 21.3 Å². The van der Waals surface area contributed by atoms with Crippen molar-refractivity contribution >= 4 is 16.0 Å². The normalized spacial score (nSPS) is 11.3. The van der Waals surface area contributed by atoms with Crippen molar-refractivity contribution < 1.29 is 17.9 Å². The van der Waals surface area contributed by atoms with Crippen molar-refractivity contribution in [2.24, 2.45) is 0 Å². The van der Waals surface area contributed by atoms with Gasteiger partial charge < -0.3 is 4.74 Å². The van der Waals surface area contributed by atoms with Gasteiger partial charge in [0.05, 0.1) is 7.11 Å². The fourth-order valence-electron chi connectivity index (χ4n) is 2.59. The smallest absolute Gasteiger partial charge is 0.358 e. The van der Waals surface area contributed by atoms with E-state index < -0.39 is 16.0 Å². The first-order chi connectivity index (χ1) is 11.3. The van der Waals surface area contributed by atoms with E-state index >= 15 is 0 Å². The van der Waals surface area contributed by atoms with Crippen molar-refractivity contribution in [2.75, 3.05) is 7.11 Å². The molecular weight excluding hydrogens is 328 g/mol. The summed E-state index contributed by atoms with van der Waals surface area (Å²) in [5.74, 6) is -0.793. The van der Waals surface area contributed by atoms with Crippen LogP contribution in [0.2, 0.25) is 0 Å². The van der Waals surface area contributed by atoms with Gasteiger partial charge in [0.2, 0.25) is 10.0 Å². The molecule has 0 aliphatic rings. The molecule has 1 N–H and O–H groups in total. The third kappa shape index (κ3) is 3.80. The Morgan fingerprint density at radius 3 is 2.42 bits per heavy atom. The van der Waals surface area contributed by atoms with Gasteiger partial charge in [-0.2, -0.15) is 0 Å². The number of esters is 1. The molecule has 6 nitrogen and oxygen atoms in total. The lowest BCUT2D eigenvalue weighted by atomic mass is 10.0. The molecule has 0 aliphatic carbocycles. The van der Waals surface area contributed by atoms with Crippen LogP contribution in [0, 0.1) is 20.8 Å². The van der Waals surface area contributed by atoms with Crippen LogP contribution in [0.3, 0.4) is 0 Å². The summed E-state index contributed by atoms with van der Waals surface area (Å²) in [5, 5.41) is 0. The van der Waals surface area contributed by atoms with E-state index in [1.165, 1.54) is 25.4 Å². The molecule has 0 radical (unpaired) electrons. The Morgan fingerprint density at radius 2 is 1.83 bits per heavy atom. The SMILES string of the molecule is COC(=O)c1ncccc1S(=O)(=O)NCc1c(C)cc(C)cc1C. The summed E-state index contributed by atoms with van der Waals surface area (Å²) in [7, 11) is -2.72. The monoisotopic (exact) mass is 348 g/mol. The van der Waals surface area contributed by atoms with Crippen LogP contribution in [0.4, 0.5) is 0 Å². The summed E-state index contributed by atoms with van der Waals surface area (Å²) in [6, 6.07) is 6.79. The van der Waals surface area contributed by atoms with Crippen molar-refractivity contribution in [1.29, 1.82) is 0 Å². The number of carbonyl (C=O) groups excluding carboxylic acids is 1. The highest BCUT2D eigenvalue weighted by molar-refractivity contribution is 7.89. The summed E-state index contributed by atoms with van der Waals surface area (Å²) >= 11 is 0. The molecular formula is C17H20N2O4S. The lowest BCUT2D eigenvalue weighted by Crippen LogP contribution is -2.26. The predicted molar refractivity (Wildman–Crippen MR) is 90.3 cm³/mol. The maximum atomic E-state index is 12.6. The van der Waals surface area contributed by atoms with Gasteiger partial charge >= 0.3 is 5.97 Å². The minimum absolute atomic E-state index is 0.135. The van der Waals surface area contributed by atoms with Gasteiger partial charge in [-0.15, -0.1) is 0 Å². The van der Waals surface area contributed by atoms with Crippen molar-refractivity contribution in [2.45, 2.75) is 32.2 Å². The second kappa shape index (κ2) is 7.11. The van der Waals surface area contributed by atoms with E-state index in [-0.39, 0.29) is 17.1 Å². The van der Waals surface area contributed by atoms with E-state index in [9.17, 15) is 13.2 Å². The molecule has 0 fully saturated rings. The topological polar surface area (TPSA) is 85.4 Å². The zero-order valence-corrected chi connectivity index (χ0v) is 14.9. The van der Waals surface area contributed by atoms with Crippen LogP contribution < -0.4 is 4.72 Å². The maximum absolute atomic E-state index is 12.6. The molecule has 24 heavy (non-hydrogen) atoms. The average Bonchev–Trinajstić information content (AvgIpc) is 2.53. The van der Waals surface area contributed by atoms with Gasteiger partial charge in [0.15, 0.2) is 5.69 Å². The number of rotatable bonds is 5. The Hall–Kier alpha value is -2.25. The van der Waals surface area contributed by atoms with E-state index in [1.807, 2.05) is 32.9 Å². The molecule has 1 aromatic carbocycles. The number of ether oxygens (including phenoxy) is 1. The Morgan fingerprint density at radius 1 is 1.21 bits per heavy atom. The highest BCUT2D eigenvalue weighted by atomic mass is 32.2. The molecule has 1 heterocycles. The van der Waals surface area contributed by atoms with Gasteiger partial charge in [-0.1, -0.05) is 17.7 Å². The Kier molecular flexibility index (Phi) is 5.36. The summed E-state index contributed by atoms with van der Waals surface area (Å²) in [6.07, 6.45) is 1.35. The molecule has 7 heteroatoms. The number of benzene rings is 1. The Bertz CT molecular complexity index is 853. The molecule has 0 atom stereocenters. The Labute approximate surface area is 141 Å². The van der Waals surface area contributed by atoms with Gasteiger partial charge in [-0.05, 0) is 49.6 Å². The summed E-state index contributed by atoms with van der Waals surface area (Å²) in [5.41, 5.74) is 3.82. The summed E-state index contributed by atoms with van der Waals surface area (Å²) in [4.78, 5) is 15.4. The molecule has 2 rings (SSSR count). The van der Waals surface area contributed by atoms with Crippen LogP contribution in [0.5, 0.6) is 0 Å². The molecule has 0 aliphatic heterocycles. The molecule has 0 unspecified atom stereocenters. The van der Waals surface area contributed by atoms with E-state index in [0.717, 1.165) is 22.3 Å². The highest BCUT2D eigenvalue weighted by Gasteiger charge is 2.24. The first-order valence-electron chi connectivity index (χ1n) is 7.36. The summed E-state index contributed by atoms with van der Waals surface area (Å²) < 4.78 is 32.3. The number of pyridine rings is 1. The molecule has 0 spiro atoms. The first kappa shape index (κ1) is 18.1. The van der Waals surface area contributed by atoms with Gasteiger partial charge in [0.25, 0.3) is 0 Å². The lowest BCUT2D eigenvalue weighted by Gasteiger charge is -2.13. The van der Waals surface area contributed by atoms with E-state index in [2.05, 4.69) is 14.4 Å². The maximum Gasteiger partial charge on any atom is 0.358 e. The van der Waals surface area contributed by atoms with Gasteiger partial charge in [-0.3, -0.25) is 0 Å². The van der Waals surface area contributed by atoms with E-state index in [4.69, 9.17) is 0 Å². The van der Waals surface area contributed by atoms with Crippen LogP contribution >= 0.6 is 0 Å².